The van der Waals surface area contributed by atoms with Gasteiger partial charge in [-0.25, -0.2) is 9.48 Å². The maximum atomic E-state index is 14.0. The SMILES string of the molecule is Cc1cccc([C@@H]2c3cccn3-c3c(c(C)nn3-c3ccccc3)CN2C(=O)Nc2ccccc2C)c1. The second kappa shape index (κ2) is 9.13. The molecule has 0 radical (unpaired) electrons. The molecule has 0 fully saturated rings. The lowest BCUT2D eigenvalue weighted by molar-refractivity contribution is 0.194. The summed E-state index contributed by atoms with van der Waals surface area (Å²) in [5.74, 6) is 0.965. The number of aryl methyl sites for hydroxylation is 3. The van der Waals surface area contributed by atoms with Gasteiger partial charge in [-0.05, 0) is 62.2 Å². The van der Waals surface area contributed by atoms with Crippen molar-refractivity contribution in [1.29, 1.82) is 0 Å². The summed E-state index contributed by atoms with van der Waals surface area (Å²) in [7, 11) is 0. The number of anilines is 1. The number of benzene rings is 3. The van der Waals surface area contributed by atoms with Gasteiger partial charge in [-0.3, -0.25) is 0 Å². The van der Waals surface area contributed by atoms with Crippen LogP contribution in [0, 0.1) is 20.8 Å². The lowest BCUT2D eigenvalue weighted by Crippen LogP contribution is -2.38. The van der Waals surface area contributed by atoms with E-state index in [1.807, 2.05) is 72.0 Å². The molecule has 5 aromatic rings. The number of amides is 2. The lowest BCUT2D eigenvalue weighted by Gasteiger charge is -2.31. The van der Waals surface area contributed by atoms with Crippen molar-refractivity contribution in [2.45, 2.75) is 33.4 Å². The van der Waals surface area contributed by atoms with Crippen LogP contribution in [0.5, 0.6) is 0 Å². The predicted octanol–water partition coefficient (Wildman–Crippen LogP) is 6.73. The molecule has 2 amide bonds. The average molecular weight is 488 g/mol. The number of urea groups is 1. The molecule has 6 heteroatoms. The van der Waals surface area contributed by atoms with Gasteiger partial charge >= 0.3 is 6.03 Å². The molecule has 0 saturated heterocycles. The molecule has 0 bridgehead atoms. The molecule has 3 aromatic carbocycles. The summed E-state index contributed by atoms with van der Waals surface area (Å²) in [6.45, 7) is 6.54. The first-order chi connectivity index (χ1) is 18.0. The molecule has 1 aliphatic rings. The molecule has 37 heavy (non-hydrogen) atoms. The molecule has 184 valence electrons. The van der Waals surface area contributed by atoms with Gasteiger partial charge in [0, 0.05) is 17.4 Å². The first-order valence-electron chi connectivity index (χ1n) is 12.5. The van der Waals surface area contributed by atoms with Gasteiger partial charge in [0.25, 0.3) is 0 Å². The summed E-state index contributed by atoms with van der Waals surface area (Å²) >= 11 is 0. The molecule has 0 aliphatic carbocycles. The summed E-state index contributed by atoms with van der Waals surface area (Å²) in [5.41, 5.74) is 7.98. The number of nitrogens with zero attached hydrogens (tertiary/aromatic N) is 4. The van der Waals surface area contributed by atoms with Crippen molar-refractivity contribution in [2.75, 3.05) is 5.32 Å². The van der Waals surface area contributed by atoms with Crippen molar-refractivity contribution in [3.63, 3.8) is 0 Å². The fourth-order valence-corrected chi connectivity index (χ4v) is 5.24. The van der Waals surface area contributed by atoms with Crippen LogP contribution in [0.3, 0.4) is 0 Å². The minimum Gasteiger partial charge on any atom is -0.308 e. The fraction of sp³-hybridized carbons (Fsp3) is 0.161. The Morgan fingerprint density at radius 1 is 0.892 bits per heavy atom. The molecule has 6 rings (SSSR count). The zero-order chi connectivity index (χ0) is 25.5. The molecule has 1 N–H and O–H groups in total. The Bertz CT molecular complexity index is 1600. The van der Waals surface area contributed by atoms with Crippen LogP contribution < -0.4 is 5.32 Å². The highest BCUT2D eigenvalue weighted by atomic mass is 16.2. The zero-order valence-corrected chi connectivity index (χ0v) is 21.2. The van der Waals surface area contributed by atoms with Crippen LogP contribution in [0.1, 0.15) is 39.7 Å². The minimum absolute atomic E-state index is 0.145. The number of hydrogen-bond donors (Lipinski definition) is 1. The molecule has 6 nitrogen and oxygen atoms in total. The van der Waals surface area contributed by atoms with Crippen molar-refractivity contribution in [1.82, 2.24) is 19.2 Å². The molecular weight excluding hydrogens is 458 g/mol. The predicted molar refractivity (Wildman–Crippen MR) is 146 cm³/mol. The number of para-hydroxylation sites is 2. The van der Waals surface area contributed by atoms with Crippen molar-refractivity contribution < 1.29 is 4.79 Å². The summed E-state index contributed by atoms with van der Waals surface area (Å²) in [5, 5.41) is 8.11. The highest BCUT2D eigenvalue weighted by molar-refractivity contribution is 5.91. The van der Waals surface area contributed by atoms with Gasteiger partial charge in [0.1, 0.15) is 5.82 Å². The molecule has 0 saturated carbocycles. The number of fused-ring (bicyclic) bond motifs is 3. The van der Waals surface area contributed by atoms with Crippen molar-refractivity contribution in [3.05, 3.63) is 131 Å². The standard InChI is InChI=1S/C31H29N5O/c1-21-11-9-13-24(19-21)29-28-17-10-18-34(28)30-26(23(3)33-36(30)25-14-5-4-6-15-25)20-35(29)31(37)32-27-16-8-7-12-22(27)2/h4-19,29H,20H2,1-3H3,(H,32,37)/t29-/m1/s1. The van der Waals surface area contributed by atoms with Gasteiger partial charge in [0.2, 0.25) is 0 Å². The van der Waals surface area contributed by atoms with Gasteiger partial charge in [-0.2, -0.15) is 5.10 Å². The first kappa shape index (κ1) is 22.9. The third-order valence-corrected chi connectivity index (χ3v) is 7.09. The molecule has 2 aromatic heterocycles. The number of aromatic nitrogens is 3. The average Bonchev–Trinajstić information content (AvgIpc) is 3.46. The fourth-order valence-electron chi connectivity index (χ4n) is 5.24. The number of carbonyl (C=O) groups excluding carboxylic acids is 1. The molecule has 0 spiro atoms. The summed E-state index contributed by atoms with van der Waals surface area (Å²) in [6, 6.07) is 30.2. The van der Waals surface area contributed by atoms with Crippen LogP contribution in [0.4, 0.5) is 10.5 Å². The van der Waals surface area contributed by atoms with Crippen LogP contribution in [0.2, 0.25) is 0 Å². The Morgan fingerprint density at radius 3 is 2.46 bits per heavy atom. The minimum atomic E-state index is -0.282. The maximum Gasteiger partial charge on any atom is 0.322 e. The topological polar surface area (TPSA) is 55.1 Å². The van der Waals surface area contributed by atoms with Crippen LogP contribution in [0.25, 0.3) is 11.5 Å². The van der Waals surface area contributed by atoms with Crippen LogP contribution in [-0.4, -0.2) is 25.3 Å². The van der Waals surface area contributed by atoms with E-state index in [0.29, 0.717) is 6.54 Å². The summed E-state index contributed by atoms with van der Waals surface area (Å²) in [4.78, 5) is 16.0. The number of nitrogens with one attached hydrogen (secondary N) is 1. The summed E-state index contributed by atoms with van der Waals surface area (Å²) < 4.78 is 4.18. The third kappa shape index (κ3) is 4.00. The second-order valence-electron chi connectivity index (χ2n) is 9.63. The van der Waals surface area contributed by atoms with E-state index in [1.165, 1.54) is 0 Å². The van der Waals surface area contributed by atoms with Gasteiger partial charge in [-0.1, -0.05) is 66.2 Å². The first-order valence-corrected chi connectivity index (χ1v) is 12.5. The van der Waals surface area contributed by atoms with E-state index in [-0.39, 0.29) is 12.1 Å². The van der Waals surface area contributed by atoms with Crippen LogP contribution >= 0.6 is 0 Å². The van der Waals surface area contributed by atoms with E-state index in [4.69, 9.17) is 5.10 Å². The van der Waals surface area contributed by atoms with Crippen LogP contribution in [-0.2, 0) is 6.54 Å². The molecule has 1 aliphatic heterocycles. The number of rotatable bonds is 3. The number of carbonyl (C=O) groups is 1. The Morgan fingerprint density at radius 2 is 1.68 bits per heavy atom. The van der Waals surface area contributed by atoms with E-state index < -0.39 is 0 Å². The largest absolute Gasteiger partial charge is 0.322 e. The van der Waals surface area contributed by atoms with Crippen LogP contribution in [0.15, 0.2) is 97.2 Å². The quantitative estimate of drug-likeness (QED) is 0.307. The number of hydrogen-bond acceptors (Lipinski definition) is 2. The van der Waals surface area contributed by atoms with Crippen molar-refractivity contribution >= 4 is 11.7 Å². The van der Waals surface area contributed by atoms with Gasteiger partial charge in [0.05, 0.1) is 29.7 Å². The van der Waals surface area contributed by atoms with Gasteiger partial charge < -0.3 is 14.8 Å². The van der Waals surface area contributed by atoms with Gasteiger partial charge in [0.15, 0.2) is 0 Å². The zero-order valence-electron chi connectivity index (χ0n) is 21.2. The third-order valence-electron chi connectivity index (χ3n) is 7.09. The highest BCUT2D eigenvalue weighted by Gasteiger charge is 2.36. The van der Waals surface area contributed by atoms with E-state index in [9.17, 15) is 4.79 Å². The molecule has 3 heterocycles. The maximum absolute atomic E-state index is 14.0. The smallest absolute Gasteiger partial charge is 0.308 e. The van der Waals surface area contributed by atoms with Crippen molar-refractivity contribution in [3.8, 4) is 11.5 Å². The monoisotopic (exact) mass is 487 g/mol. The Labute approximate surface area is 216 Å². The normalized spacial score (nSPS) is 14.6. The Hall–Kier alpha value is -4.58. The van der Waals surface area contributed by atoms with E-state index >= 15 is 0 Å². The Kier molecular flexibility index (Phi) is 5.64. The molecule has 0 unspecified atom stereocenters. The van der Waals surface area contributed by atoms with Crippen molar-refractivity contribution in [2.24, 2.45) is 0 Å². The summed E-state index contributed by atoms with van der Waals surface area (Å²) in [6.07, 6.45) is 2.07. The second-order valence-corrected chi connectivity index (χ2v) is 9.63. The highest BCUT2D eigenvalue weighted by Crippen LogP contribution is 2.39. The van der Waals surface area contributed by atoms with E-state index in [0.717, 1.165) is 50.8 Å². The Balaban J connectivity index is 1.55. The van der Waals surface area contributed by atoms with Gasteiger partial charge in [-0.15, -0.1) is 0 Å². The van der Waals surface area contributed by atoms with E-state index in [2.05, 4.69) is 65.5 Å². The molecule has 1 atom stereocenters. The van der Waals surface area contributed by atoms with E-state index in [1.54, 1.807) is 0 Å². The molecular formula is C31H29N5O. The lowest BCUT2D eigenvalue weighted by atomic mass is 10.00.